The Bertz CT molecular complexity index is 554. The Kier molecular flexibility index (Phi) is 4.50. The molecule has 0 spiro atoms. The SMILES string of the molecule is [CH2]CCc1cn(Cc2ccc(N3CCNCC3)cc2)nn1. The van der Waals surface area contributed by atoms with Gasteiger partial charge in [-0.1, -0.05) is 24.3 Å². The van der Waals surface area contributed by atoms with Crippen LogP contribution in [-0.4, -0.2) is 41.2 Å². The molecule has 111 valence electrons. The molecule has 0 unspecified atom stereocenters. The molecule has 1 aliphatic heterocycles. The fourth-order valence-corrected chi connectivity index (χ4v) is 2.63. The lowest BCUT2D eigenvalue weighted by molar-refractivity contribution is 0.589. The molecule has 1 radical (unpaired) electrons. The Morgan fingerprint density at radius 3 is 2.62 bits per heavy atom. The standard InChI is InChI=1S/C16H22N5/c1-2-3-15-13-21(19-18-15)12-14-4-6-16(7-5-14)20-10-8-17-9-11-20/h4-7,13,17H,1-3,8-12H2. The first-order valence-electron chi connectivity index (χ1n) is 7.58. The van der Waals surface area contributed by atoms with Gasteiger partial charge in [0.25, 0.3) is 0 Å². The molecule has 0 atom stereocenters. The number of aromatic nitrogens is 3. The van der Waals surface area contributed by atoms with Crippen LogP contribution < -0.4 is 10.2 Å². The van der Waals surface area contributed by atoms with Gasteiger partial charge in [0.15, 0.2) is 0 Å². The van der Waals surface area contributed by atoms with E-state index in [1.54, 1.807) is 0 Å². The molecule has 3 rings (SSSR count). The molecule has 5 nitrogen and oxygen atoms in total. The highest BCUT2D eigenvalue weighted by Gasteiger charge is 2.10. The second kappa shape index (κ2) is 6.72. The Balaban J connectivity index is 1.63. The van der Waals surface area contributed by atoms with E-state index in [2.05, 4.69) is 51.7 Å². The zero-order valence-corrected chi connectivity index (χ0v) is 12.3. The van der Waals surface area contributed by atoms with Gasteiger partial charge >= 0.3 is 0 Å². The highest BCUT2D eigenvalue weighted by atomic mass is 15.4. The Morgan fingerprint density at radius 2 is 1.90 bits per heavy atom. The zero-order valence-electron chi connectivity index (χ0n) is 12.3. The minimum absolute atomic E-state index is 0.770. The Morgan fingerprint density at radius 1 is 1.14 bits per heavy atom. The number of rotatable bonds is 5. The highest BCUT2D eigenvalue weighted by molar-refractivity contribution is 5.48. The van der Waals surface area contributed by atoms with Crippen molar-refractivity contribution in [2.24, 2.45) is 0 Å². The van der Waals surface area contributed by atoms with E-state index in [-0.39, 0.29) is 0 Å². The summed E-state index contributed by atoms with van der Waals surface area (Å²) in [6.07, 6.45) is 3.76. The molecule has 5 heteroatoms. The number of anilines is 1. The summed E-state index contributed by atoms with van der Waals surface area (Å²) < 4.78 is 1.89. The van der Waals surface area contributed by atoms with Crippen LogP contribution in [0.2, 0.25) is 0 Å². The molecule has 1 N–H and O–H groups in total. The predicted molar refractivity (Wildman–Crippen MR) is 84.3 cm³/mol. The quantitative estimate of drug-likeness (QED) is 0.904. The van der Waals surface area contributed by atoms with Crippen LogP contribution in [-0.2, 0) is 13.0 Å². The average Bonchev–Trinajstić information content (AvgIpc) is 2.97. The van der Waals surface area contributed by atoms with Gasteiger partial charge in [-0.15, -0.1) is 5.10 Å². The van der Waals surface area contributed by atoms with E-state index >= 15 is 0 Å². The molecule has 1 aromatic carbocycles. The van der Waals surface area contributed by atoms with Crippen molar-refractivity contribution in [3.05, 3.63) is 48.6 Å². The number of nitrogens with zero attached hydrogens (tertiary/aromatic N) is 4. The first kappa shape index (κ1) is 14.1. The van der Waals surface area contributed by atoms with Crippen LogP contribution in [0.15, 0.2) is 30.5 Å². The summed E-state index contributed by atoms with van der Waals surface area (Å²) in [4.78, 5) is 2.42. The highest BCUT2D eigenvalue weighted by Crippen LogP contribution is 2.16. The summed E-state index contributed by atoms with van der Waals surface area (Å²) in [7, 11) is 0. The maximum Gasteiger partial charge on any atom is 0.0827 e. The fourth-order valence-electron chi connectivity index (χ4n) is 2.63. The van der Waals surface area contributed by atoms with E-state index in [4.69, 9.17) is 0 Å². The number of aryl methyl sites for hydroxylation is 1. The Hall–Kier alpha value is -1.88. The summed E-state index contributed by atoms with van der Waals surface area (Å²) in [5.74, 6) is 0. The van der Waals surface area contributed by atoms with Gasteiger partial charge in [-0.3, -0.25) is 0 Å². The number of hydrogen-bond acceptors (Lipinski definition) is 4. The van der Waals surface area contributed by atoms with E-state index in [1.165, 1.54) is 11.3 Å². The summed E-state index contributed by atoms with van der Waals surface area (Å²) in [6, 6.07) is 8.77. The third kappa shape index (κ3) is 3.61. The monoisotopic (exact) mass is 284 g/mol. The van der Waals surface area contributed by atoms with Crippen LogP contribution in [0.1, 0.15) is 17.7 Å². The van der Waals surface area contributed by atoms with Crippen molar-refractivity contribution in [1.29, 1.82) is 0 Å². The molecule has 0 bridgehead atoms. The fraction of sp³-hybridized carbons (Fsp3) is 0.438. The van der Waals surface area contributed by atoms with Gasteiger partial charge in [-0.2, -0.15) is 0 Å². The van der Waals surface area contributed by atoms with Crippen molar-refractivity contribution < 1.29 is 0 Å². The second-order valence-corrected chi connectivity index (χ2v) is 5.41. The molecule has 0 aliphatic carbocycles. The van der Waals surface area contributed by atoms with Gasteiger partial charge in [0.2, 0.25) is 0 Å². The topological polar surface area (TPSA) is 46.0 Å². The third-order valence-electron chi connectivity index (χ3n) is 3.78. The lowest BCUT2D eigenvalue weighted by atomic mass is 10.2. The molecule has 1 aromatic heterocycles. The van der Waals surface area contributed by atoms with Gasteiger partial charge in [-0.05, 0) is 30.5 Å². The largest absolute Gasteiger partial charge is 0.369 e. The van der Waals surface area contributed by atoms with Crippen LogP contribution in [0, 0.1) is 6.92 Å². The van der Waals surface area contributed by atoms with Crippen molar-refractivity contribution in [1.82, 2.24) is 20.3 Å². The molecule has 2 heterocycles. The van der Waals surface area contributed by atoms with Crippen LogP contribution in [0.4, 0.5) is 5.69 Å². The van der Waals surface area contributed by atoms with Crippen LogP contribution in [0.5, 0.6) is 0 Å². The molecule has 1 fully saturated rings. The molecule has 0 saturated carbocycles. The number of hydrogen-bond donors (Lipinski definition) is 1. The van der Waals surface area contributed by atoms with E-state index in [9.17, 15) is 0 Å². The lowest BCUT2D eigenvalue weighted by Crippen LogP contribution is -2.43. The summed E-state index contributed by atoms with van der Waals surface area (Å²) in [5.41, 5.74) is 3.57. The molecule has 0 amide bonds. The summed E-state index contributed by atoms with van der Waals surface area (Å²) >= 11 is 0. The smallest absolute Gasteiger partial charge is 0.0827 e. The van der Waals surface area contributed by atoms with Crippen molar-refractivity contribution in [3.63, 3.8) is 0 Å². The van der Waals surface area contributed by atoms with Gasteiger partial charge in [0.1, 0.15) is 0 Å². The van der Waals surface area contributed by atoms with Crippen molar-refractivity contribution in [3.8, 4) is 0 Å². The molecule has 1 saturated heterocycles. The molecule has 2 aromatic rings. The van der Waals surface area contributed by atoms with Crippen LogP contribution >= 0.6 is 0 Å². The van der Waals surface area contributed by atoms with Crippen molar-refractivity contribution in [2.45, 2.75) is 19.4 Å². The maximum absolute atomic E-state index is 4.16. The van der Waals surface area contributed by atoms with Crippen molar-refractivity contribution >= 4 is 5.69 Å². The lowest BCUT2D eigenvalue weighted by Gasteiger charge is -2.29. The van der Waals surface area contributed by atoms with Gasteiger partial charge < -0.3 is 10.2 Å². The molecule has 21 heavy (non-hydrogen) atoms. The number of benzene rings is 1. The molecule has 1 aliphatic rings. The normalized spacial score (nSPS) is 15.4. The van der Waals surface area contributed by atoms with E-state index in [0.29, 0.717) is 0 Å². The third-order valence-corrected chi connectivity index (χ3v) is 3.78. The molecular formula is C16H22N5. The minimum atomic E-state index is 0.770. The van der Waals surface area contributed by atoms with E-state index < -0.39 is 0 Å². The van der Waals surface area contributed by atoms with Crippen LogP contribution in [0.25, 0.3) is 0 Å². The number of piperazine rings is 1. The van der Waals surface area contributed by atoms with E-state index in [1.807, 2.05) is 10.9 Å². The predicted octanol–water partition coefficient (Wildman–Crippen LogP) is 1.50. The van der Waals surface area contributed by atoms with E-state index in [0.717, 1.165) is 51.3 Å². The van der Waals surface area contributed by atoms with Gasteiger partial charge in [0.05, 0.1) is 12.2 Å². The number of nitrogens with one attached hydrogen (secondary N) is 1. The van der Waals surface area contributed by atoms with Gasteiger partial charge in [-0.25, -0.2) is 4.68 Å². The minimum Gasteiger partial charge on any atom is -0.369 e. The first-order chi connectivity index (χ1) is 10.3. The first-order valence-corrected chi connectivity index (χ1v) is 7.58. The molecular weight excluding hydrogens is 262 g/mol. The summed E-state index contributed by atoms with van der Waals surface area (Å²) in [6.45, 7) is 8.90. The Labute approximate surface area is 126 Å². The second-order valence-electron chi connectivity index (χ2n) is 5.41. The summed E-state index contributed by atoms with van der Waals surface area (Å²) in [5, 5.41) is 11.7. The average molecular weight is 284 g/mol. The van der Waals surface area contributed by atoms with Gasteiger partial charge in [0, 0.05) is 38.1 Å². The van der Waals surface area contributed by atoms with Crippen LogP contribution in [0.3, 0.4) is 0 Å². The maximum atomic E-state index is 4.16. The van der Waals surface area contributed by atoms with Crippen molar-refractivity contribution in [2.75, 3.05) is 31.1 Å². The zero-order chi connectivity index (χ0) is 14.5.